The van der Waals surface area contributed by atoms with E-state index in [2.05, 4.69) is 4.98 Å². The molecule has 19 heavy (non-hydrogen) atoms. The summed E-state index contributed by atoms with van der Waals surface area (Å²) in [6.45, 7) is 4.30. The van der Waals surface area contributed by atoms with Crippen molar-refractivity contribution in [2.75, 3.05) is 13.7 Å². The Morgan fingerprint density at radius 1 is 1.32 bits per heavy atom. The maximum Gasteiger partial charge on any atom is 0.329 e. The van der Waals surface area contributed by atoms with Crippen LogP contribution < -0.4 is 11.2 Å². The summed E-state index contributed by atoms with van der Waals surface area (Å²) in [5.74, 6) is 0. The predicted molar refractivity (Wildman–Crippen MR) is 76.1 cm³/mol. The van der Waals surface area contributed by atoms with Gasteiger partial charge >= 0.3 is 5.69 Å². The van der Waals surface area contributed by atoms with Crippen molar-refractivity contribution in [3.63, 3.8) is 0 Å². The molecule has 0 spiro atoms. The van der Waals surface area contributed by atoms with Crippen LogP contribution in [0.25, 0.3) is 0 Å². The zero-order chi connectivity index (χ0) is 14.4. The number of ether oxygens (including phenoxy) is 1. The first kappa shape index (κ1) is 16.0. The molecular weight excluding hydrogens is 268 g/mol. The monoisotopic (exact) mass is 288 g/mol. The molecule has 6 heteroatoms. The minimum absolute atomic E-state index is 0.153. The number of rotatable bonds is 7. The van der Waals surface area contributed by atoms with E-state index < -0.39 is 5.69 Å². The average Bonchev–Trinajstić information content (AvgIpc) is 2.34. The van der Waals surface area contributed by atoms with Crippen LogP contribution in [0.15, 0.2) is 9.59 Å². The largest absolute Gasteiger partial charge is 0.383 e. The molecule has 108 valence electrons. The maximum atomic E-state index is 12.4. The maximum absolute atomic E-state index is 12.4. The quantitative estimate of drug-likeness (QED) is 0.782. The highest BCUT2D eigenvalue weighted by atomic mass is 35.5. The van der Waals surface area contributed by atoms with Crippen molar-refractivity contribution in [1.82, 2.24) is 9.55 Å². The van der Waals surface area contributed by atoms with Crippen LogP contribution in [0.4, 0.5) is 0 Å². The Bertz CT molecular complexity index is 516. The van der Waals surface area contributed by atoms with Crippen molar-refractivity contribution >= 4 is 11.6 Å². The normalized spacial score (nSPS) is 12.6. The molecule has 5 nitrogen and oxygen atoms in total. The van der Waals surface area contributed by atoms with E-state index >= 15 is 0 Å². The summed E-state index contributed by atoms with van der Waals surface area (Å²) < 4.78 is 6.35. The van der Waals surface area contributed by atoms with Crippen molar-refractivity contribution < 1.29 is 4.74 Å². The Morgan fingerprint density at radius 3 is 2.53 bits per heavy atom. The van der Waals surface area contributed by atoms with Gasteiger partial charge in [-0.05, 0) is 12.8 Å². The molecule has 1 aromatic heterocycles. The van der Waals surface area contributed by atoms with E-state index in [1.165, 1.54) is 4.57 Å². The first-order valence-electron chi connectivity index (χ1n) is 6.58. The van der Waals surface area contributed by atoms with Gasteiger partial charge in [-0.15, -0.1) is 0 Å². The van der Waals surface area contributed by atoms with Crippen molar-refractivity contribution in [1.29, 1.82) is 0 Å². The molecule has 0 aliphatic heterocycles. The number of hydrogen-bond donors (Lipinski definition) is 1. The lowest BCUT2D eigenvalue weighted by molar-refractivity contribution is 0.146. The zero-order valence-electron chi connectivity index (χ0n) is 11.7. The van der Waals surface area contributed by atoms with Gasteiger partial charge in [0, 0.05) is 7.11 Å². The molecule has 1 N–H and O–H groups in total. The molecule has 0 aliphatic rings. The molecule has 1 unspecified atom stereocenters. The minimum atomic E-state index is -0.467. The van der Waals surface area contributed by atoms with Crippen LogP contribution in [0.5, 0.6) is 0 Å². The molecule has 1 rings (SSSR count). The highest BCUT2D eigenvalue weighted by Crippen LogP contribution is 2.13. The number of nitrogens with zero attached hydrogens (tertiary/aromatic N) is 1. The molecule has 0 saturated heterocycles. The van der Waals surface area contributed by atoms with Crippen LogP contribution in [-0.4, -0.2) is 23.3 Å². The van der Waals surface area contributed by atoms with E-state index in [4.69, 9.17) is 16.3 Å². The molecule has 1 aromatic rings. The fraction of sp³-hybridized carbons (Fsp3) is 0.692. The molecule has 0 fully saturated rings. The standard InChI is InChI=1S/C13H21ClN2O3/c1-4-6-9(8-19-3)16-12(17)10(7-5-2)11(14)15-13(16)18/h9H,4-8H2,1-3H3,(H,15,18). The van der Waals surface area contributed by atoms with Gasteiger partial charge < -0.3 is 4.74 Å². The lowest BCUT2D eigenvalue weighted by Crippen LogP contribution is -2.41. The van der Waals surface area contributed by atoms with E-state index in [0.717, 1.165) is 12.8 Å². The van der Waals surface area contributed by atoms with Gasteiger partial charge in [-0.2, -0.15) is 0 Å². The molecule has 0 aliphatic carbocycles. The van der Waals surface area contributed by atoms with Gasteiger partial charge in [0.1, 0.15) is 5.15 Å². The minimum Gasteiger partial charge on any atom is -0.383 e. The van der Waals surface area contributed by atoms with E-state index in [9.17, 15) is 9.59 Å². The Labute approximate surface area is 117 Å². The van der Waals surface area contributed by atoms with E-state index in [1.54, 1.807) is 7.11 Å². The number of H-pyrrole nitrogens is 1. The number of aromatic nitrogens is 2. The van der Waals surface area contributed by atoms with Crippen LogP contribution >= 0.6 is 11.6 Å². The van der Waals surface area contributed by atoms with Crippen LogP contribution in [0.3, 0.4) is 0 Å². The lowest BCUT2D eigenvalue weighted by atomic mass is 10.1. The van der Waals surface area contributed by atoms with Gasteiger partial charge in [0.05, 0.1) is 18.2 Å². The Morgan fingerprint density at radius 2 is 2.00 bits per heavy atom. The summed E-state index contributed by atoms with van der Waals surface area (Å²) in [6, 6.07) is -0.251. The smallest absolute Gasteiger partial charge is 0.329 e. The summed E-state index contributed by atoms with van der Waals surface area (Å²) in [6.07, 6.45) is 2.93. The van der Waals surface area contributed by atoms with Gasteiger partial charge in [-0.3, -0.25) is 14.3 Å². The number of nitrogens with one attached hydrogen (secondary N) is 1. The first-order valence-corrected chi connectivity index (χ1v) is 6.96. The summed E-state index contributed by atoms with van der Waals surface area (Å²) in [4.78, 5) is 26.9. The fourth-order valence-corrected chi connectivity index (χ4v) is 2.43. The van der Waals surface area contributed by atoms with Crippen LogP contribution in [0, 0.1) is 0 Å². The third-order valence-electron chi connectivity index (χ3n) is 3.02. The number of aromatic amines is 1. The average molecular weight is 289 g/mol. The Hall–Kier alpha value is -1.07. The molecule has 0 saturated carbocycles. The molecule has 0 bridgehead atoms. The fourth-order valence-electron chi connectivity index (χ4n) is 2.17. The van der Waals surface area contributed by atoms with Crippen molar-refractivity contribution in [3.8, 4) is 0 Å². The van der Waals surface area contributed by atoms with Crippen molar-refractivity contribution in [3.05, 3.63) is 31.6 Å². The van der Waals surface area contributed by atoms with E-state index in [1.807, 2.05) is 13.8 Å². The van der Waals surface area contributed by atoms with Crippen molar-refractivity contribution in [2.45, 2.75) is 45.6 Å². The predicted octanol–water partition coefficient (Wildman–Crippen LogP) is 2.13. The van der Waals surface area contributed by atoms with Crippen LogP contribution in [-0.2, 0) is 11.2 Å². The van der Waals surface area contributed by atoms with Crippen LogP contribution in [0.2, 0.25) is 5.15 Å². The second-order valence-electron chi connectivity index (χ2n) is 4.55. The second-order valence-corrected chi connectivity index (χ2v) is 4.92. The highest BCUT2D eigenvalue weighted by molar-refractivity contribution is 6.30. The van der Waals surface area contributed by atoms with Gasteiger partial charge in [0.25, 0.3) is 5.56 Å². The Balaban J connectivity index is 3.36. The molecule has 1 heterocycles. The third kappa shape index (κ3) is 3.70. The Kier molecular flexibility index (Phi) is 6.31. The van der Waals surface area contributed by atoms with E-state index in [0.29, 0.717) is 25.0 Å². The SMILES string of the molecule is CCCc1c(Cl)[nH]c(=O)n(C(CCC)COC)c1=O. The van der Waals surface area contributed by atoms with Gasteiger partial charge in [-0.25, -0.2) is 4.79 Å². The van der Waals surface area contributed by atoms with Crippen molar-refractivity contribution in [2.24, 2.45) is 0 Å². The first-order chi connectivity index (χ1) is 9.06. The molecule has 0 amide bonds. The second kappa shape index (κ2) is 7.50. The topological polar surface area (TPSA) is 64.1 Å². The summed E-state index contributed by atoms with van der Waals surface area (Å²) in [5, 5.41) is 0.153. The lowest BCUT2D eigenvalue weighted by Gasteiger charge is -2.18. The van der Waals surface area contributed by atoms with Gasteiger partial charge in [0.15, 0.2) is 0 Å². The van der Waals surface area contributed by atoms with Gasteiger partial charge in [-0.1, -0.05) is 38.3 Å². The number of methoxy groups -OCH3 is 1. The summed E-state index contributed by atoms with van der Waals surface area (Å²) in [7, 11) is 1.56. The highest BCUT2D eigenvalue weighted by Gasteiger charge is 2.19. The number of hydrogen-bond acceptors (Lipinski definition) is 3. The third-order valence-corrected chi connectivity index (χ3v) is 3.35. The molecular formula is C13H21ClN2O3. The zero-order valence-corrected chi connectivity index (χ0v) is 12.4. The van der Waals surface area contributed by atoms with Gasteiger partial charge in [0.2, 0.25) is 0 Å². The number of halogens is 1. The molecule has 0 radical (unpaired) electrons. The summed E-state index contributed by atoms with van der Waals surface area (Å²) >= 11 is 5.94. The molecule has 1 atom stereocenters. The van der Waals surface area contributed by atoms with Crippen LogP contribution in [0.1, 0.15) is 44.7 Å². The summed E-state index contributed by atoms with van der Waals surface area (Å²) in [5.41, 5.74) is -0.294. The van der Waals surface area contributed by atoms with E-state index in [-0.39, 0.29) is 16.8 Å². The molecule has 0 aromatic carbocycles.